The van der Waals surface area contributed by atoms with Crippen LogP contribution in [0.3, 0.4) is 0 Å². The van der Waals surface area contributed by atoms with E-state index in [4.69, 9.17) is 0 Å². The molecule has 0 saturated heterocycles. The third-order valence-corrected chi connectivity index (χ3v) is 3.80. The van der Waals surface area contributed by atoms with Gasteiger partial charge in [-0.25, -0.2) is 4.98 Å². The lowest BCUT2D eigenvalue weighted by atomic mass is 10.0. The van der Waals surface area contributed by atoms with E-state index in [1.807, 2.05) is 32.0 Å². The number of hydrogen-bond acceptors (Lipinski definition) is 6. The first-order valence-electron chi connectivity index (χ1n) is 7.98. The molecule has 2 aromatic carbocycles. The van der Waals surface area contributed by atoms with Crippen molar-refractivity contribution in [3.63, 3.8) is 0 Å². The fraction of sp³-hybridized carbons (Fsp3) is 0.100. The van der Waals surface area contributed by atoms with Gasteiger partial charge in [0.15, 0.2) is 0 Å². The average Bonchev–Trinajstić information content (AvgIpc) is 2.64. The highest BCUT2D eigenvalue weighted by molar-refractivity contribution is 5.70. The second kappa shape index (κ2) is 7.33. The van der Waals surface area contributed by atoms with Crippen molar-refractivity contribution in [3.8, 4) is 12.1 Å². The Morgan fingerprint density at radius 1 is 0.923 bits per heavy atom. The van der Waals surface area contributed by atoms with Crippen molar-refractivity contribution in [2.75, 3.05) is 10.6 Å². The number of para-hydroxylation sites is 1. The maximum atomic E-state index is 9.39. The Morgan fingerprint density at radius 3 is 2.46 bits per heavy atom. The molecule has 0 aliphatic carbocycles. The maximum Gasteiger partial charge on any atom is 0.229 e. The molecule has 0 bridgehead atoms. The second-order valence-electron chi connectivity index (χ2n) is 5.79. The van der Waals surface area contributed by atoms with Crippen molar-refractivity contribution in [1.29, 1.82) is 10.5 Å². The van der Waals surface area contributed by atoms with Crippen LogP contribution in [0, 0.1) is 36.5 Å². The van der Waals surface area contributed by atoms with Gasteiger partial charge < -0.3 is 10.6 Å². The summed E-state index contributed by atoms with van der Waals surface area (Å²) in [6.07, 6.45) is 1.61. The summed E-state index contributed by atoms with van der Waals surface area (Å²) < 4.78 is 0. The number of nitriles is 2. The molecule has 0 spiro atoms. The zero-order chi connectivity index (χ0) is 18.5. The molecule has 3 aromatic rings. The molecule has 0 aliphatic heterocycles. The quantitative estimate of drug-likeness (QED) is 0.734. The van der Waals surface area contributed by atoms with Crippen molar-refractivity contribution < 1.29 is 0 Å². The molecule has 0 atom stereocenters. The van der Waals surface area contributed by atoms with Crippen LogP contribution in [-0.2, 0) is 0 Å². The second-order valence-corrected chi connectivity index (χ2v) is 5.79. The summed E-state index contributed by atoms with van der Waals surface area (Å²) in [6, 6.07) is 17.0. The first-order valence-corrected chi connectivity index (χ1v) is 7.98. The molecular weight excluding hydrogens is 324 g/mol. The average molecular weight is 340 g/mol. The predicted octanol–water partition coefficient (Wildman–Crippen LogP) is 4.32. The number of anilines is 4. The van der Waals surface area contributed by atoms with Gasteiger partial charge in [0.1, 0.15) is 18.0 Å². The lowest BCUT2D eigenvalue weighted by Gasteiger charge is -2.13. The first kappa shape index (κ1) is 16.9. The first-order chi connectivity index (χ1) is 12.6. The van der Waals surface area contributed by atoms with Gasteiger partial charge in [-0.2, -0.15) is 15.5 Å². The third kappa shape index (κ3) is 3.61. The lowest BCUT2D eigenvalue weighted by Crippen LogP contribution is -2.03. The van der Waals surface area contributed by atoms with Crippen LogP contribution < -0.4 is 10.6 Å². The summed E-state index contributed by atoms with van der Waals surface area (Å²) in [4.78, 5) is 8.62. The van der Waals surface area contributed by atoms with Gasteiger partial charge in [0.25, 0.3) is 0 Å². The van der Waals surface area contributed by atoms with Crippen LogP contribution in [0.25, 0.3) is 0 Å². The number of nitrogens with zero attached hydrogens (tertiary/aromatic N) is 4. The molecule has 6 nitrogen and oxygen atoms in total. The number of nitrogens with one attached hydrogen (secondary N) is 2. The fourth-order valence-electron chi connectivity index (χ4n) is 2.65. The minimum absolute atomic E-state index is 0.362. The molecule has 126 valence electrons. The van der Waals surface area contributed by atoms with E-state index in [0.29, 0.717) is 28.6 Å². The van der Waals surface area contributed by atoms with E-state index in [1.54, 1.807) is 30.5 Å². The van der Waals surface area contributed by atoms with E-state index < -0.39 is 0 Å². The van der Waals surface area contributed by atoms with Gasteiger partial charge in [0.05, 0.1) is 22.5 Å². The minimum atomic E-state index is 0.362. The zero-order valence-electron chi connectivity index (χ0n) is 14.4. The molecule has 0 fully saturated rings. The van der Waals surface area contributed by atoms with E-state index in [1.165, 1.54) is 0 Å². The highest BCUT2D eigenvalue weighted by atomic mass is 15.1. The van der Waals surface area contributed by atoms with E-state index >= 15 is 0 Å². The van der Waals surface area contributed by atoms with E-state index in [-0.39, 0.29) is 0 Å². The van der Waals surface area contributed by atoms with Crippen molar-refractivity contribution in [1.82, 2.24) is 9.97 Å². The monoisotopic (exact) mass is 340 g/mol. The minimum Gasteiger partial charge on any atom is -0.339 e. The molecule has 2 N–H and O–H groups in total. The largest absolute Gasteiger partial charge is 0.339 e. The van der Waals surface area contributed by atoms with Gasteiger partial charge in [-0.15, -0.1) is 0 Å². The molecule has 1 heterocycles. The fourth-order valence-corrected chi connectivity index (χ4v) is 2.65. The number of benzene rings is 2. The van der Waals surface area contributed by atoms with Crippen LogP contribution in [-0.4, -0.2) is 9.97 Å². The number of aromatic nitrogens is 2. The number of rotatable bonds is 4. The Bertz CT molecular complexity index is 1040. The summed E-state index contributed by atoms with van der Waals surface area (Å²) in [5, 5.41) is 24.8. The molecule has 26 heavy (non-hydrogen) atoms. The Balaban J connectivity index is 1.90. The van der Waals surface area contributed by atoms with Crippen molar-refractivity contribution in [3.05, 3.63) is 70.9 Å². The predicted molar refractivity (Wildman–Crippen MR) is 100 cm³/mol. The highest BCUT2D eigenvalue weighted by Gasteiger charge is 2.09. The molecular formula is C20H16N6. The standard InChI is InChI=1S/C20H16N6/c1-13-9-14(2)19(16(10-13)12-22)25-18-7-8-23-20(26-18)24-17-6-4-3-5-15(17)11-21/h3-10H,1-2H3,(H2,23,24,25,26). The topological polar surface area (TPSA) is 97.4 Å². The van der Waals surface area contributed by atoms with Crippen LogP contribution in [0.5, 0.6) is 0 Å². The van der Waals surface area contributed by atoms with Gasteiger partial charge in [-0.3, -0.25) is 0 Å². The molecule has 0 saturated carbocycles. The highest BCUT2D eigenvalue weighted by Crippen LogP contribution is 2.26. The van der Waals surface area contributed by atoms with Gasteiger partial charge in [0.2, 0.25) is 5.95 Å². The van der Waals surface area contributed by atoms with Gasteiger partial charge in [-0.1, -0.05) is 18.2 Å². The summed E-state index contributed by atoms with van der Waals surface area (Å²) in [6.45, 7) is 3.90. The van der Waals surface area contributed by atoms with Crippen LogP contribution in [0.1, 0.15) is 22.3 Å². The van der Waals surface area contributed by atoms with Crippen LogP contribution in [0.4, 0.5) is 23.1 Å². The molecule has 0 amide bonds. The number of aryl methyl sites for hydroxylation is 2. The molecule has 0 unspecified atom stereocenters. The molecule has 1 aromatic heterocycles. The van der Waals surface area contributed by atoms with Crippen LogP contribution >= 0.6 is 0 Å². The van der Waals surface area contributed by atoms with Crippen LogP contribution in [0.2, 0.25) is 0 Å². The SMILES string of the molecule is Cc1cc(C)c(Nc2ccnc(Nc3ccccc3C#N)n2)c(C#N)c1. The summed E-state index contributed by atoms with van der Waals surface area (Å²) in [5.41, 5.74) is 4.42. The smallest absolute Gasteiger partial charge is 0.229 e. The normalized spacial score (nSPS) is 9.85. The van der Waals surface area contributed by atoms with E-state index in [2.05, 4.69) is 32.7 Å². The Morgan fingerprint density at radius 2 is 1.69 bits per heavy atom. The van der Waals surface area contributed by atoms with Crippen molar-refractivity contribution in [2.24, 2.45) is 0 Å². The lowest BCUT2D eigenvalue weighted by molar-refractivity contribution is 1.16. The number of hydrogen-bond donors (Lipinski definition) is 2. The third-order valence-electron chi connectivity index (χ3n) is 3.80. The Hall–Kier alpha value is -3.90. The Labute approximate surface area is 151 Å². The van der Waals surface area contributed by atoms with E-state index in [0.717, 1.165) is 16.8 Å². The summed E-state index contributed by atoms with van der Waals surface area (Å²) in [5.74, 6) is 0.918. The van der Waals surface area contributed by atoms with Gasteiger partial charge >= 0.3 is 0 Å². The zero-order valence-corrected chi connectivity index (χ0v) is 14.4. The van der Waals surface area contributed by atoms with Crippen LogP contribution in [0.15, 0.2) is 48.7 Å². The van der Waals surface area contributed by atoms with Gasteiger partial charge in [0, 0.05) is 6.20 Å². The maximum absolute atomic E-state index is 9.39. The molecule has 3 rings (SSSR count). The van der Waals surface area contributed by atoms with Crippen molar-refractivity contribution >= 4 is 23.1 Å². The molecule has 0 radical (unpaired) electrons. The summed E-state index contributed by atoms with van der Waals surface area (Å²) in [7, 11) is 0. The van der Waals surface area contributed by atoms with Gasteiger partial charge in [-0.05, 0) is 49.2 Å². The Kier molecular flexibility index (Phi) is 4.78. The molecule has 6 heteroatoms. The summed E-state index contributed by atoms with van der Waals surface area (Å²) >= 11 is 0. The van der Waals surface area contributed by atoms with Crippen molar-refractivity contribution in [2.45, 2.75) is 13.8 Å². The molecule has 0 aliphatic rings. The van der Waals surface area contributed by atoms with E-state index in [9.17, 15) is 10.5 Å².